The first-order valence-corrected chi connectivity index (χ1v) is 6.63. The number of methoxy groups -OCH3 is 1. The molecule has 0 spiro atoms. The van der Waals surface area contributed by atoms with Gasteiger partial charge < -0.3 is 15.0 Å². The molecule has 96 valence electrons. The quantitative estimate of drug-likeness (QED) is 0.803. The Labute approximate surface area is 105 Å². The van der Waals surface area contributed by atoms with E-state index in [2.05, 4.69) is 9.72 Å². The van der Waals surface area contributed by atoms with Gasteiger partial charge in [0.1, 0.15) is 5.82 Å². The van der Waals surface area contributed by atoms with Crippen LogP contribution in [-0.4, -0.2) is 22.6 Å². The SMILES string of the molecule is COC(=O)c1ncn(C2C3C4CCC(C4)C32)c1N. The van der Waals surface area contributed by atoms with Gasteiger partial charge in [0, 0.05) is 6.04 Å². The van der Waals surface area contributed by atoms with Crippen LogP contribution in [0.15, 0.2) is 6.33 Å². The van der Waals surface area contributed by atoms with Crippen molar-refractivity contribution in [2.24, 2.45) is 23.7 Å². The van der Waals surface area contributed by atoms with E-state index in [1.165, 1.54) is 26.4 Å². The normalized spacial score (nSPS) is 39.7. The van der Waals surface area contributed by atoms with Gasteiger partial charge in [0.05, 0.1) is 13.4 Å². The number of ether oxygens (including phenoxy) is 1. The maximum atomic E-state index is 11.5. The molecule has 1 heterocycles. The van der Waals surface area contributed by atoms with Gasteiger partial charge in [0.15, 0.2) is 5.69 Å². The summed E-state index contributed by atoms with van der Waals surface area (Å²) in [6.07, 6.45) is 5.87. The van der Waals surface area contributed by atoms with E-state index in [4.69, 9.17) is 5.73 Å². The van der Waals surface area contributed by atoms with Crippen LogP contribution in [0, 0.1) is 23.7 Å². The Morgan fingerprint density at radius 3 is 2.72 bits per heavy atom. The molecule has 0 aliphatic heterocycles. The summed E-state index contributed by atoms with van der Waals surface area (Å²) in [5, 5.41) is 0. The lowest BCUT2D eigenvalue weighted by molar-refractivity contribution is 0.0596. The van der Waals surface area contributed by atoms with Crippen LogP contribution in [0.1, 0.15) is 35.8 Å². The van der Waals surface area contributed by atoms with E-state index < -0.39 is 5.97 Å². The number of imidazole rings is 1. The minimum absolute atomic E-state index is 0.259. The summed E-state index contributed by atoms with van der Waals surface area (Å²) in [5.41, 5.74) is 6.29. The molecule has 2 bridgehead atoms. The molecule has 4 atom stereocenters. The van der Waals surface area contributed by atoms with Crippen molar-refractivity contribution in [1.29, 1.82) is 0 Å². The standard InChI is InChI=1S/C13H17N3O2/c1-18-13(17)10-12(14)16(5-15-10)11-8-6-2-3-7(4-6)9(8)11/h5-9,11H,2-4,14H2,1H3. The number of esters is 1. The highest BCUT2D eigenvalue weighted by Crippen LogP contribution is 2.71. The van der Waals surface area contributed by atoms with Crippen molar-refractivity contribution >= 4 is 11.8 Å². The lowest BCUT2D eigenvalue weighted by atomic mass is 10.0. The summed E-state index contributed by atoms with van der Waals surface area (Å²) in [5.74, 6) is 3.36. The molecule has 3 saturated carbocycles. The second-order valence-electron chi connectivity index (χ2n) is 5.86. The third kappa shape index (κ3) is 1.12. The van der Waals surface area contributed by atoms with Gasteiger partial charge in [-0.15, -0.1) is 0 Å². The first kappa shape index (κ1) is 10.4. The fraction of sp³-hybridized carbons (Fsp3) is 0.692. The van der Waals surface area contributed by atoms with E-state index in [-0.39, 0.29) is 5.69 Å². The van der Waals surface area contributed by atoms with Gasteiger partial charge >= 0.3 is 5.97 Å². The van der Waals surface area contributed by atoms with E-state index in [1.54, 1.807) is 6.33 Å². The minimum Gasteiger partial charge on any atom is -0.464 e. The Morgan fingerprint density at radius 2 is 2.11 bits per heavy atom. The smallest absolute Gasteiger partial charge is 0.360 e. The summed E-state index contributed by atoms with van der Waals surface area (Å²) >= 11 is 0. The van der Waals surface area contributed by atoms with Crippen molar-refractivity contribution in [2.75, 3.05) is 12.8 Å². The average Bonchev–Trinajstić information content (AvgIpc) is 2.74. The van der Waals surface area contributed by atoms with Crippen molar-refractivity contribution in [1.82, 2.24) is 9.55 Å². The van der Waals surface area contributed by atoms with Gasteiger partial charge in [0.2, 0.25) is 0 Å². The molecule has 2 N–H and O–H groups in total. The first-order valence-electron chi connectivity index (χ1n) is 6.63. The number of anilines is 1. The summed E-state index contributed by atoms with van der Waals surface area (Å²) in [6.45, 7) is 0. The molecule has 0 radical (unpaired) electrons. The number of nitrogens with two attached hydrogens (primary N) is 1. The van der Waals surface area contributed by atoms with Crippen LogP contribution in [-0.2, 0) is 4.74 Å². The highest BCUT2D eigenvalue weighted by Gasteiger charge is 2.66. The van der Waals surface area contributed by atoms with E-state index in [0.29, 0.717) is 11.9 Å². The summed E-state index contributed by atoms with van der Waals surface area (Å²) in [7, 11) is 1.35. The first-order chi connectivity index (χ1) is 8.72. The zero-order valence-corrected chi connectivity index (χ0v) is 10.4. The molecule has 4 unspecified atom stereocenters. The highest BCUT2D eigenvalue weighted by molar-refractivity contribution is 5.92. The lowest BCUT2D eigenvalue weighted by Gasteiger charge is -2.11. The molecule has 1 aromatic heterocycles. The Balaban J connectivity index is 1.64. The van der Waals surface area contributed by atoms with Crippen molar-refractivity contribution in [3.63, 3.8) is 0 Å². The van der Waals surface area contributed by atoms with Crippen LogP contribution < -0.4 is 5.73 Å². The predicted molar refractivity (Wildman–Crippen MR) is 64.8 cm³/mol. The molecule has 5 nitrogen and oxygen atoms in total. The lowest BCUT2D eigenvalue weighted by Crippen LogP contribution is -2.10. The molecule has 0 saturated heterocycles. The number of fused-ring (bicyclic) bond motifs is 5. The Bertz CT molecular complexity index is 508. The van der Waals surface area contributed by atoms with Crippen LogP contribution in [0.5, 0.6) is 0 Å². The minimum atomic E-state index is -0.444. The van der Waals surface area contributed by atoms with Crippen LogP contribution in [0.2, 0.25) is 0 Å². The van der Waals surface area contributed by atoms with Crippen LogP contribution in [0.3, 0.4) is 0 Å². The largest absolute Gasteiger partial charge is 0.464 e. The third-order valence-electron chi connectivity index (χ3n) is 5.23. The van der Waals surface area contributed by atoms with Crippen LogP contribution >= 0.6 is 0 Å². The summed E-state index contributed by atoms with van der Waals surface area (Å²) in [6, 6.07) is 0.488. The number of nitrogen functional groups attached to an aromatic ring is 1. The topological polar surface area (TPSA) is 70.1 Å². The fourth-order valence-electron chi connectivity index (χ4n) is 4.51. The Kier molecular flexibility index (Phi) is 1.89. The van der Waals surface area contributed by atoms with Gasteiger partial charge in [-0.3, -0.25) is 0 Å². The van der Waals surface area contributed by atoms with Gasteiger partial charge in [-0.1, -0.05) is 0 Å². The van der Waals surface area contributed by atoms with Gasteiger partial charge in [-0.25, -0.2) is 9.78 Å². The number of hydrogen-bond acceptors (Lipinski definition) is 4. The monoisotopic (exact) mass is 247 g/mol. The molecule has 3 fully saturated rings. The molecular formula is C13H17N3O2. The van der Waals surface area contributed by atoms with Gasteiger partial charge in [0.25, 0.3) is 0 Å². The van der Waals surface area contributed by atoms with Crippen molar-refractivity contribution < 1.29 is 9.53 Å². The van der Waals surface area contributed by atoms with Crippen molar-refractivity contribution in [3.8, 4) is 0 Å². The maximum absolute atomic E-state index is 11.5. The van der Waals surface area contributed by atoms with Gasteiger partial charge in [-0.05, 0) is 42.9 Å². The molecule has 5 heteroatoms. The molecule has 3 aliphatic carbocycles. The molecule has 4 rings (SSSR count). The Morgan fingerprint density at radius 1 is 1.44 bits per heavy atom. The van der Waals surface area contributed by atoms with E-state index >= 15 is 0 Å². The zero-order valence-electron chi connectivity index (χ0n) is 10.4. The van der Waals surface area contributed by atoms with Crippen LogP contribution in [0.4, 0.5) is 5.82 Å². The summed E-state index contributed by atoms with van der Waals surface area (Å²) < 4.78 is 6.69. The predicted octanol–water partition coefficient (Wildman–Crippen LogP) is 1.47. The maximum Gasteiger partial charge on any atom is 0.360 e. The molecule has 0 aromatic carbocycles. The zero-order chi connectivity index (χ0) is 12.4. The highest BCUT2D eigenvalue weighted by atomic mass is 16.5. The average molecular weight is 247 g/mol. The van der Waals surface area contributed by atoms with E-state index in [9.17, 15) is 4.79 Å². The second-order valence-corrected chi connectivity index (χ2v) is 5.86. The molecular weight excluding hydrogens is 230 g/mol. The number of nitrogens with zero attached hydrogens (tertiary/aromatic N) is 2. The second kappa shape index (κ2) is 3.28. The number of rotatable bonds is 2. The van der Waals surface area contributed by atoms with Crippen molar-refractivity contribution in [3.05, 3.63) is 12.0 Å². The van der Waals surface area contributed by atoms with Crippen molar-refractivity contribution in [2.45, 2.75) is 25.3 Å². The number of aromatic nitrogens is 2. The van der Waals surface area contributed by atoms with Crippen LogP contribution in [0.25, 0.3) is 0 Å². The molecule has 18 heavy (non-hydrogen) atoms. The van der Waals surface area contributed by atoms with E-state index in [1.807, 2.05) is 4.57 Å². The molecule has 1 aromatic rings. The molecule has 0 amide bonds. The summed E-state index contributed by atoms with van der Waals surface area (Å²) in [4.78, 5) is 15.6. The Hall–Kier alpha value is -1.52. The van der Waals surface area contributed by atoms with E-state index in [0.717, 1.165) is 23.7 Å². The number of carbonyl (C=O) groups excluding carboxylic acids is 1. The number of carbonyl (C=O) groups is 1. The number of hydrogen-bond donors (Lipinski definition) is 1. The molecule has 3 aliphatic rings. The third-order valence-corrected chi connectivity index (χ3v) is 5.23. The van der Waals surface area contributed by atoms with Gasteiger partial charge in [-0.2, -0.15) is 0 Å². The fourth-order valence-corrected chi connectivity index (χ4v) is 4.51.